The van der Waals surface area contributed by atoms with E-state index in [2.05, 4.69) is 15.0 Å². The number of benzene rings is 1. The molecule has 0 atom stereocenters. The summed E-state index contributed by atoms with van der Waals surface area (Å²) in [5.41, 5.74) is 0.740. The number of carbonyl (C=O) groups is 1. The van der Waals surface area contributed by atoms with E-state index in [1.54, 1.807) is 13.0 Å². The van der Waals surface area contributed by atoms with Crippen LogP contribution in [0.25, 0.3) is 5.82 Å². The maximum absolute atomic E-state index is 14.2. The van der Waals surface area contributed by atoms with E-state index in [9.17, 15) is 30.8 Å². The van der Waals surface area contributed by atoms with Crippen LogP contribution in [0, 0.1) is 12.7 Å². The molecule has 39 heavy (non-hydrogen) atoms. The van der Waals surface area contributed by atoms with E-state index < -0.39 is 33.5 Å². The standard InChI is InChI=1S/C21H23ClFN5O3S.C2HF3O2/c1-14-16(12-17-18(22)4-3-5-19(17)23)21(29)28(25-14)20-7-6-15(13-24-20)32(30,31)27-10-8-26(2)9-11-27;3-2(4,5)1(6)7/h3-7,13,25H,8-12H2,1-2H3;(H,6,7). The summed E-state index contributed by atoms with van der Waals surface area (Å²) < 4.78 is 74.3. The number of carboxylic acid groups (broad SMARTS) is 1. The van der Waals surface area contributed by atoms with Crippen LogP contribution in [0.3, 0.4) is 0 Å². The van der Waals surface area contributed by atoms with Gasteiger partial charge in [0.25, 0.3) is 5.56 Å². The molecule has 10 nitrogen and oxygen atoms in total. The summed E-state index contributed by atoms with van der Waals surface area (Å²) in [5.74, 6) is -3.01. The number of aromatic nitrogens is 3. The molecular weight excluding hydrogens is 570 g/mol. The molecule has 3 aromatic rings. The van der Waals surface area contributed by atoms with Crippen molar-refractivity contribution in [1.82, 2.24) is 24.0 Å². The van der Waals surface area contributed by atoms with Gasteiger partial charge in [0.2, 0.25) is 10.0 Å². The van der Waals surface area contributed by atoms with Gasteiger partial charge in [-0.1, -0.05) is 17.7 Å². The number of nitrogens with zero attached hydrogens (tertiary/aromatic N) is 4. The van der Waals surface area contributed by atoms with Crippen molar-refractivity contribution in [3.8, 4) is 5.82 Å². The van der Waals surface area contributed by atoms with Crippen LogP contribution in [0.1, 0.15) is 16.8 Å². The van der Waals surface area contributed by atoms with Crippen LogP contribution < -0.4 is 5.56 Å². The normalized spacial score (nSPS) is 15.1. The molecule has 0 bridgehead atoms. The smallest absolute Gasteiger partial charge is 0.475 e. The zero-order chi connectivity index (χ0) is 29.1. The topological polar surface area (TPSA) is 129 Å². The lowest BCUT2D eigenvalue weighted by Gasteiger charge is -2.31. The van der Waals surface area contributed by atoms with Gasteiger partial charge in [0.05, 0.1) is 0 Å². The molecule has 1 saturated heterocycles. The summed E-state index contributed by atoms with van der Waals surface area (Å²) in [7, 11) is -1.71. The van der Waals surface area contributed by atoms with E-state index in [1.807, 2.05) is 7.05 Å². The largest absolute Gasteiger partial charge is 0.490 e. The van der Waals surface area contributed by atoms with Gasteiger partial charge in [0.1, 0.15) is 10.7 Å². The van der Waals surface area contributed by atoms with Gasteiger partial charge in [-0.25, -0.2) is 27.3 Å². The van der Waals surface area contributed by atoms with Gasteiger partial charge < -0.3 is 10.0 Å². The number of aryl methyl sites for hydroxylation is 1. The predicted molar refractivity (Wildman–Crippen MR) is 133 cm³/mol. The third-order valence-corrected chi connectivity index (χ3v) is 8.14. The van der Waals surface area contributed by atoms with Crippen molar-refractivity contribution < 1.29 is 35.9 Å². The maximum atomic E-state index is 14.2. The number of halogens is 5. The first kappa shape index (κ1) is 30.3. The Balaban J connectivity index is 0.000000532. The molecule has 0 unspecified atom stereocenters. The summed E-state index contributed by atoms with van der Waals surface area (Å²) >= 11 is 6.11. The first-order chi connectivity index (χ1) is 18.1. The van der Waals surface area contributed by atoms with Crippen molar-refractivity contribution in [3.63, 3.8) is 0 Å². The number of aliphatic carboxylic acids is 1. The summed E-state index contributed by atoms with van der Waals surface area (Å²) in [6.07, 6.45) is -3.81. The molecule has 0 aliphatic carbocycles. The Kier molecular flexibility index (Phi) is 9.20. The summed E-state index contributed by atoms with van der Waals surface area (Å²) in [6, 6.07) is 7.28. The lowest BCUT2D eigenvalue weighted by molar-refractivity contribution is -0.192. The van der Waals surface area contributed by atoms with Crippen LogP contribution in [0.4, 0.5) is 17.6 Å². The molecule has 1 fully saturated rings. The monoisotopic (exact) mass is 593 g/mol. The Morgan fingerprint density at radius 2 is 1.74 bits per heavy atom. The maximum Gasteiger partial charge on any atom is 0.490 e. The zero-order valence-corrected chi connectivity index (χ0v) is 22.2. The Labute approximate surface area is 225 Å². The lowest BCUT2D eigenvalue weighted by Crippen LogP contribution is -2.47. The molecule has 16 heteroatoms. The first-order valence-electron chi connectivity index (χ1n) is 11.3. The summed E-state index contributed by atoms with van der Waals surface area (Å²) in [5, 5.41) is 10.3. The molecule has 0 spiro atoms. The molecule has 3 heterocycles. The number of likely N-dealkylation sites (N-methyl/N-ethyl adjacent to an activating group) is 1. The van der Waals surface area contributed by atoms with E-state index in [0.717, 1.165) is 0 Å². The van der Waals surface area contributed by atoms with Gasteiger partial charge in [-0.3, -0.25) is 9.89 Å². The van der Waals surface area contributed by atoms with Crippen LogP contribution in [0.15, 0.2) is 46.2 Å². The zero-order valence-electron chi connectivity index (χ0n) is 20.7. The van der Waals surface area contributed by atoms with Crippen molar-refractivity contribution in [3.05, 3.63) is 74.5 Å². The fraction of sp³-hybridized carbons (Fsp3) is 0.348. The number of nitrogens with one attached hydrogen (secondary N) is 1. The van der Waals surface area contributed by atoms with E-state index in [1.165, 1.54) is 39.4 Å². The third-order valence-electron chi connectivity index (χ3n) is 5.90. The Bertz CT molecular complexity index is 1480. The van der Waals surface area contributed by atoms with E-state index in [0.29, 0.717) is 37.4 Å². The number of aromatic amines is 1. The molecule has 1 aromatic carbocycles. The average Bonchev–Trinajstić information content (AvgIpc) is 3.14. The highest BCUT2D eigenvalue weighted by Crippen LogP contribution is 2.23. The number of pyridine rings is 1. The molecule has 4 rings (SSSR count). The fourth-order valence-electron chi connectivity index (χ4n) is 3.66. The first-order valence-corrected chi connectivity index (χ1v) is 13.1. The highest BCUT2D eigenvalue weighted by Gasteiger charge is 2.38. The number of H-pyrrole nitrogens is 1. The number of rotatable bonds is 5. The highest BCUT2D eigenvalue weighted by molar-refractivity contribution is 7.89. The van der Waals surface area contributed by atoms with Gasteiger partial charge in [-0.05, 0) is 38.2 Å². The van der Waals surface area contributed by atoms with Crippen molar-refractivity contribution in [2.45, 2.75) is 24.4 Å². The van der Waals surface area contributed by atoms with E-state index in [4.69, 9.17) is 21.5 Å². The molecule has 1 aliphatic rings. The molecule has 2 N–H and O–H groups in total. The van der Waals surface area contributed by atoms with E-state index >= 15 is 0 Å². The Morgan fingerprint density at radius 1 is 1.13 bits per heavy atom. The second-order valence-corrected chi connectivity index (χ2v) is 10.9. The van der Waals surface area contributed by atoms with Crippen LogP contribution in [0.2, 0.25) is 5.02 Å². The molecule has 0 saturated carbocycles. The minimum atomic E-state index is -5.08. The Morgan fingerprint density at radius 3 is 2.26 bits per heavy atom. The predicted octanol–water partition coefficient (Wildman–Crippen LogP) is 2.82. The number of carboxylic acids is 1. The molecular formula is C23H24ClF4N5O5S. The molecule has 1 aliphatic heterocycles. The summed E-state index contributed by atoms with van der Waals surface area (Å²) in [4.78, 5) is 28.2. The van der Waals surface area contributed by atoms with Gasteiger partial charge in [-0.2, -0.15) is 17.5 Å². The van der Waals surface area contributed by atoms with Crippen molar-refractivity contribution >= 4 is 27.6 Å². The SMILES string of the molecule is Cc1[nH]n(-c2ccc(S(=O)(=O)N3CCN(C)CC3)cn2)c(=O)c1Cc1c(F)cccc1Cl.O=C(O)C(F)(F)F. The quantitative estimate of drug-likeness (QED) is 0.435. The number of alkyl halides is 3. The summed E-state index contributed by atoms with van der Waals surface area (Å²) in [6.45, 7) is 3.86. The van der Waals surface area contributed by atoms with E-state index in [-0.39, 0.29) is 27.7 Å². The second-order valence-electron chi connectivity index (χ2n) is 8.60. The fourth-order valence-corrected chi connectivity index (χ4v) is 5.26. The minimum absolute atomic E-state index is 0.0234. The van der Waals surface area contributed by atoms with Gasteiger partial charge in [0.15, 0.2) is 5.82 Å². The van der Waals surface area contributed by atoms with Crippen molar-refractivity contribution in [1.29, 1.82) is 0 Å². The molecule has 2 aromatic heterocycles. The third kappa shape index (κ3) is 7.03. The van der Waals surface area contributed by atoms with Gasteiger partial charge in [-0.15, -0.1) is 0 Å². The van der Waals surface area contributed by atoms with Gasteiger partial charge in [0, 0.05) is 60.6 Å². The number of piperazine rings is 1. The van der Waals surface area contributed by atoms with Crippen molar-refractivity contribution in [2.75, 3.05) is 33.2 Å². The average molecular weight is 594 g/mol. The van der Waals surface area contributed by atoms with Crippen LogP contribution in [0.5, 0.6) is 0 Å². The molecule has 0 amide bonds. The number of hydrogen-bond acceptors (Lipinski definition) is 6. The van der Waals surface area contributed by atoms with Crippen LogP contribution in [-0.2, 0) is 21.2 Å². The number of hydrogen-bond donors (Lipinski definition) is 2. The van der Waals surface area contributed by atoms with Gasteiger partial charge >= 0.3 is 12.1 Å². The van der Waals surface area contributed by atoms with Crippen molar-refractivity contribution in [2.24, 2.45) is 0 Å². The highest BCUT2D eigenvalue weighted by atomic mass is 35.5. The van der Waals surface area contributed by atoms with Crippen LogP contribution in [-0.4, -0.2) is 82.9 Å². The minimum Gasteiger partial charge on any atom is -0.475 e. The molecule has 212 valence electrons. The Hall–Kier alpha value is -3.27. The lowest BCUT2D eigenvalue weighted by atomic mass is 10.1. The molecule has 0 radical (unpaired) electrons. The van der Waals surface area contributed by atoms with Crippen LogP contribution >= 0.6 is 11.6 Å². The number of sulfonamides is 1. The second kappa shape index (κ2) is 11.9.